The maximum Gasteiger partial charge on any atom is 0.0612 e. The van der Waals surface area contributed by atoms with Crippen LogP contribution in [0.5, 0.6) is 0 Å². The van der Waals surface area contributed by atoms with Crippen LogP contribution in [0.25, 0.3) is 0 Å². The van der Waals surface area contributed by atoms with E-state index in [9.17, 15) is 0 Å². The lowest BCUT2D eigenvalue weighted by Crippen LogP contribution is -2.48. The van der Waals surface area contributed by atoms with Crippen LogP contribution >= 0.6 is 0 Å². The fraction of sp³-hybridized carbons (Fsp3) is 1.00. The Morgan fingerprint density at radius 1 is 1.16 bits per heavy atom. The van der Waals surface area contributed by atoms with Crippen molar-refractivity contribution in [1.29, 1.82) is 0 Å². The standard InChI is InChI=1S/C16H32N2O/c1-13(2)16-11-15(7-10-19-16)17-14(3)12-18-8-5-4-6-9-18/h13-17H,4-12H2,1-3H3. The second kappa shape index (κ2) is 7.61. The summed E-state index contributed by atoms with van der Waals surface area (Å²) >= 11 is 0. The highest BCUT2D eigenvalue weighted by Gasteiger charge is 2.26. The summed E-state index contributed by atoms with van der Waals surface area (Å²) in [6.45, 7) is 11.6. The molecule has 0 aromatic heterocycles. The van der Waals surface area contributed by atoms with Gasteiger partial charge in [-0.05, 0) is 51.6 Å². The number of nitrogens with zero attached hydrogens (tertiary/aromatic N) is 1. The molecule has 3 nitrogen and oxygen atoms in total. The lowest BCUT2D eigenvalue weighted by Gasteiger charge is -2.36. The Balaban J connectivity index is 1.70. The Morgan fingerprint density at radius 3 is 2.58 bits per heavy atom. The molecule has 0 aliphatic carbocycles. The summed E-state index contributed by atoms with van der Waals surface area (Å²) in [5, 5.41) is 3.83. The molecule has 0 saturated carbocycles. The van der Waals surface area contributed by atoms with Gasteiger partial charge in [0, 0.05) is 25.2 Å². The largest absolute Gasteiger partial charge is 0.378 e. The maximum absolute atomic E-state index is 5.85. The second-order valence-electron chi connectivity index (χ2n) is 6.80. The predicted octanol–water partition coefficient (Wildman–Crippen LogP) is 2.65. The van der Waals surface area contributed by atoms with E-state index in [0.717, 1.165) is 6.61 Å². The number of piperidine rings is 1. The molecule has 2 aliphatic heterocycles. The van der Waals surface area contributed by atoms with Crippen molar-refractivity contribution in [3.63, 3.8) is 0 Å². The minimum Gasteiger partial charge on any atom is -0.378 e. The Bertz CT molecular complexity index is 251. The Kier molecular flexibility index (Phi) is 6.11. The normalized spacial score (nSPS) is 31.6. The van der Waals surface area contributed by atoms with Crippen LogP contribution in [0.1, 0.15) is 52.9 Å². The first-order valence-electron chi connectivity index (χ1n) is 8.25. The fourth-order valence-electron chi connectivity index (χ4n) is 3.43. The number of rotatable bonds is 5. The molecule has 2 rings (SSSR count). The summed E-state index contributed by atoms with van der Waals surface area (Å²) < 4.78 is 5.85. The van der Waals surface area contributed by atoms with Gasteiger partial charge in [-0.3, -0.25) is 0 Å². The number of likely N-dealkylation sites (tertiary alicyclic amines) is 1. The van der Waals surface area contributed by atoms with Crippen molar-refractivity contribution in [2.45, 2.75) is 71.1 Å². The van der Waals surface area contributed by atoms with Crippen molar-refractivity contribution >= 4 is 0 Å². The Labute approximate surface area is 119 Å². The van der Waals surface area contributed by atoms with Crippen molar-refractivity contribution in [1.82, 2.24) is 10.2 Å². The van der Waals surface area contributed by atoms with Crippen molar-refractivity contribution < 1.29 is 4.74 Å². The minimum atomic E-state index is 0.452. The zero-order valence-corrected chi connectivity index (χ0v) is 13.0. The summed E-state index contributed by atoms with van der Waals surface area (Å²) in [5.74, 6) is 0.641. The van der Waals surface area contributed by atoms with Gasteiger partial charge in [0.25, 0.3) is 0 Å². The van der Waals surface area contributed by atoms with E-state index in [1.807, 2.05) is 0 Å². The highest BCUT2D eigenvalue weighted by Crippen LogP contribution is 2.20. The van der Waals surface area contributed by atoms with E-state index in [-0.39, 0.29) is 0 Å². The zero-order chi connectivity index (χ0) is 13.7. The molecule has 2 aliphatic rings. The molecule has 2 saturated heterocycles. The number of ether oxygens (including phenoxy) is 1. The quantitative estimate of drug-likeness (QED) is 0.829. The van der Waals surface area contributed by atoms with E-state index >= 15 is 0 Å². The molecule has 0 amide bonds. The Hall–Kier alpha value is -0.120. The third-order valence-electron chi connectivity index (χ3n) is 4.56. The summed E-state index contributed by atoms with van der Waals surface area (Å²) in [6.07, 6.45) is 7.01. The van der Waals surface area contributed by atoms with Crippen LogP contribution in [0.4, 0.5) is 0 Å². The van der Waals surface area contributed by atoms with Crippen LogP contribution in [0.2, 0.25) is 0 Å². The summed E-state index contributed by atoms with van der Waals surface area (Å²) in [6, 6.07) is 1.26. The SMILES string of the molecule is CC(CN1CCCCC1)NC1CCOC(C(C)C)C1. The van der Waals surface area contributed by atoms with Crippen LogP contribution < -0.4 is 5.32 Å². The molecule has 0 aromatic carbocycles. The van der Waals surface area contributed by atoms with E-state index in [2.05, 4.69) is 31.0 Å². The van der Waals surface area contributed by atoms with Crippen LogP contribution in [-0.4, -0.2) is 49.3 Å². The molecule has 19 heavy (non-hydrogen) atoms. The summed E-state index contributed by atoms with van der Waals surface area (Å²) in [5.41, 5.74) is 0. The van der Waals surface area contributed by atoms with Crippen LogP contribution in [-0.2, 0) is 4.74 Å². The van der Waals surface area contributed by atoms with Crippen LogP contribution in [0, 0.1) is 5.92 Å². The van der Waals surface area contributed by atoms with Crippen molar-refractivity contribution in [2.75, 3.05) is 26.2 Å². The lowest BCUT2D eigenvalue weighted by atomic mass is 9.95. The first-order chi connectivity index (χ1) is 9.15. The zero-order valence-electron chi connectivity index (χ0n) is 13.0. The van der Waals surface area contributed by atoms with E-state index in [0.29, 0.717) is 24.1 Å². The van der Waals surface area contributed by atoms with Crippen LogP contribution in [0.15, 0.2) is 0 Å². The van der Waals surface area contributed by atoms with Crippen molar-refractivity contribution in [3.05, 3.63) is 0 Å². The number of hydrogen-bond acceptors (Lipinski definition) is 3. The molecule has 0 spiro atoms. The lowest BCUT2D eigenvalue weighted by molar-refractivity contribution is -0.0262. The molecule has 1 N–H and O–H groups in total. The van der Waals surface area contributed by atoms with Gasteiger partial charge in [-0.1, -0.05) is 20.3 Å². The summed E-state index contributed by atoms with van der Waals surface area (Å²) in [7, 11) is 0. The molecular formula is C16H32N2O. The topological polar surface area (TPSA) is 24.5 Å². The molecule has 2 fully saturated rings. The molecule has 112 valence electrons. The van der Waals surface area contributed by atoms with Gasteiger partial charge in [0.2, 0.25) is 0 Å². The molecule has 3 unspecified atom stereocenters. The molecule has 3 heteroatoms. The highest BCUT2D eigenvalue weighted by atomic mass is 16.5. The number of hydrogen-bond donors (Lipinski definition) is 1. The molecule has 2 heterocycles. The third kappa shape index (κ3) is 5.05. The second-order valence-corrected chi connectivity index (χ2v) is 6.80. The third-order valence-corrected chi connectivity index (χ3v) is 4.56. The first-order valence-corrected chi connectivity index (χ1v) is 8.25. The molecule has 0 radical (unpaired) electrons. The molecule has 0 bridgehead atoms. The van der Waals surface area contributed by atoms with E-state index in [1.54, 1.807) is 0 Å². The monoisotopic (exact) mass is 268 g/mol. The van der Waals surface area contributed by atoms with Crippen molar-refractivity contribution in [3.8, 4) is 0 Å². The molecular weight excluding hydrogens is 236 g/mol. The Morgan fingerprint density at radius 2 is 1.89 bits per heavy atom. The average molecular weight is 268 g/mol. The minimum absolute atomic E-state index is 0.452. The smallest absolute Gasteiger partial charge is 0.0612 e. The van der Waals surface area contributed by atoms with Gasteiger partial charge in [-0.25, -0.2) is 0 Å². The molecule has 3 atom stereocenters. The van der Waals surface area contributed by atoms with E-state index < -0.39 is 0 Å². The molecule has 0 aromatic rings. The van der Waals surface area contributed by atoms with Crippen molar-refractivity contribution in [2.24, 2.45) is 5.92 Å². The maximum atomic E-state index is 5.85. The van der Waals surface area contributed by atoms with Gasteiger partial charge in [-0.2, -0.15) is 0 Å². The van der Waals surface area contributed by atoms with E-state index in [1.165, 1.54) is 51.7 Å². The van der Waals surface area contributed by atoms with Gasteiger partial charge in [-0.15, -0.1) is 0 Å². The number of nitrogens with one attached hydrogen (secondary N) is 1. The fourth-order valence-corrected chi connectivity index (χ4v) is 3.43. The van der Waals surface area contributed by atoms with Gasteiger partial charge in [0.05, 0.1) is 6.10 Å². The highest BCUT2D eigenvalue weighted by molar-refractivity contribution is 4.82. The summed E-state index contributed by atoms with van der Waals surface area (Å²) in [4.78, 5) is 2.63. The van der Waals surface area contributed by atoms with Gasteiger partial charge < -0.3 is 15.0 Å². The average Bonchev–Trinajstić information content (AvgIpc) is 2.40. The van der Waals surface area contributed by atoms with Crippen LogP contribution in [0.3, 0.4) is 0 Å². The first kappa shape index (κ1) is 15.3. The van der Waals surface area contributed by atoms with Gasteiger partial charge >= 0.3 is 0 Å². The van der Waals surface area contributed by atoms with Gasteiger partial charge in [0.15, 0.2) is 0 Å². The van der Waals surface area contributed by atoms with Gasteiger partial charge in [0.1, 0.15) is 0 Å². The van der Waals surface area contributed by atoms with E-state index in [4.69, 9.17) is 4.74 Å². The predicted molar refractivity (Wildman–Crippen MR) is 80.5 cm³/mol.